The van der Waals surface area contributed by atoms with Crippen molar-refractivity contribution in [2.45, 2.75) is 52.1 Å². The summed E-state index contributed by atoms with van der Waals surface area (Å²) in [4.78, 5) is 19.0. The standard InChI is InChI=1S/C22H36ClN5O.HI/c1-6-24-21(26-15-19(29)27-22(2,3)4)25-14-17-10-8-12-28(5)20(17)16-9-7-11-18(23)13-16;/h7,9,11,13,17,20H,6,8,10,12,14-15H2,1-5H3,(H,27,29)(H2,24,25,26);1H. The highest BCUT2D eigenvalue weighted by Gasteiger charge is 2.30. The number of piperidine rings is 1. The third-order valence-electron chi connectivity index (χ3n) is 4.97. The highest BCUT2D eigenvalue weighted by atomic mass is 127. The molecule has 1 aromatic carbocycles. The summed E-state index contributed by atoms with van der Waals surface area (Å²) < 4.78 is 0. The Morgan fingerprint density at radius 1 is 1.30 bits per heavy atom. The molecule has 0 saturated carbocycles. The number of likely N-dealkylation sites (tertiary alicyclic amines) is 1. The van der Waals surface area contributed by atoms with Gasteiger partial charge in [-0.05, 0) is 77.7 Å². The zero-order valence-electron chi connectivity index (χ0n) is 18.8. The molecule has 0 radical (unpaired) electrons. The maximum Gasteiger partial charge on any atom is 0.242 e. The van der Waals surface area contributed by atoms with Gasteiger partial charge in [0.15, 0.2) is 5.96 Å². The van der Waals surface area contributed by atoms with Crippen LogP contribution in [0, 0.1) is 5.92 Å². The van der Waals surface area contributed by atoms with E-state index in [0.29, 0.717) is 17.9 Å². The van der Waals surface area contributed by atoms with Gasteiger partial charge in [-0.15, -0.1) is 24.0 Å². The molecule has 3 N–H and O–H groups in total. The molecule has 6 nitrogen and oxygen atoms in total. The Balaban J connectivity index is 0.00000450. The summed E-state index contributed by atoms with van der Waals surface area (Å²) in [5.74, 6) is 1.03. The summed E-state index contributed by atoms with van der Waals surface area (Å²) >= 11 is 6.24. The Bertz CT molecular complexity index is 707. The van der Waals surface area contributed by atoms with E-state index in [0.717, 1.165) is 31.1 Å². The average molecular weight is 550 g/mol. The summed E-state index contributed by atoms with van der Waals surface area (Å²) in [5, 5.41) is 10.4. The van der Waals surface area contributed by atoms with E-state index >= 15 is 0 Å². The van der Waals surface area contributed by atoms with Gasteiger partial charge in [-0.2, -0.15) is 0 Å². The Morgan fingerprint density at radius 3 is 2.67 bits per heavy atom. The Labute approximate surface area is 203 Å². The second-order valence-corrected chi connectivity index (χ2v) is 9.19. The van der Waals surface area contributed by atoms with Crippen LogP contribution in [0.2, 0.25) is 5.02 Å². The molecule has 1 aromatic rings. The summed E-state index contributed by atoms with van der Waals surface area (Å²) in [6, 6.07) is 8.46. The van der Waals surface area contributed by atoms with Gasteiger partial charge in [0.1, 0.15) is 6.54 Å². The van der Waals surface area contributed by atoms with E-state index in [1.807, 2.05) is 39.8 Å². The van der Waals surface area contributed by atoms with Crippen molar-refractivity contribution in [2.75, 3.05) is 33.2 Å². The molecule has 1 aliphatic heterocycles. The second-order valence-electron chi connectivity index (χ2n) is 8.76. The van der Waals surface area contributed by atoms with Gasteiger partial charge in [-0.3, -0.25) is 9.69 Å². The smallest absolute Gasteiger partial charge is 0.242 e. The highest BCUT2D eigenvalue weighted by Crippen LogP contribution is 2.35. The van der Waals surface area contributed by atoms with Gasteiger partial charge in [0.25, 0.3) is 0 Å². The van der Waals surface area contributed by atoms with Crippen molar-refractivity contribution in [3.63, 3.8) is 0 Å². The predicted molar refractivity (Wildman–Crippen MR) is 137 cm³/mol. The largest absolute Gasteiger partial charge is 0.357 e. The molecular weight excluding hydrogens is 513 g/mol. The molecule has 0 aliphatic carbocycles. The van der Waals surface area contributed by atoms with Crippen molar-refractivity contribution < 1.29 is 4.79 Å². The lowest BCUT2D eigenvalue weighted by atomic mass is 9.85. The number of hydrogen-bond donors (Lipinski definition) is 3. The van der Waals surface area contributed by atoms with E-state index in [9.17, 15) is 4.79 Å². The van der Waals surface area contributed by atoms with Crippen LogP contribution in [-0.4, -0.2) is 55.5 Å². The number of halogens is 2. The fourth-order valence-corrected chi connectivity index (χ4v) is 4.07. The van der Waals surface area contributed by atoms with Crippen LogP contribution in [0.15, 0.2) is 29.3 Å². The molecule has 2 unspecified atom stereocenters. The lowest BCUT2D eigenvalue weighted by Gasteiger charge is -2.40. The number of aliphatic imine (C=N–C) groups is 1. The molecule has 1 amide bonds. The first-order valence-electron chi connectivity index (χ1n) is 10.5. The van der Waals surface area contributed by atoms with Crippen molar-refractivity contribution in [1.82, 2.24) is 20.9 Å². The molecule has 170 valence electrons. The van der Waals surface area contributed by atoms with Crippen molar-refractivity contribution in [3.8, 4) is 0 Å². The van der Waals surface area contributed by atoms with Crippen molar-refractivity contribution >= 4 is 47.4 Å². The minimum atomic E-state index is -0.255. The number of rotatable bonds is 6. The van der Waals surface area contributed by atoms with Crippen LogP contribution in [0.1, 0.15) is 52.1 Å². The molecule has 1 heterocycles. The Morgan fingerprint density at radius 2 is 2.03 bits per heavy atom. The van der Waals surface area contributed by atoms with Gasteiger partial charge >= 0.3 is 0 Å². The third-order valence-corrected chi connectivity index (χ3v) is 5.20. The van der Waals surface area contributed by atoms with Gasteiger partial charge in [0.05, 0.1) is 0 Å². The number of nitrogens with zero attached hydrogens (tertiary/aromatic N) is 2. The first-order valence-corrected chi connectivity index (χ1v) is 10.9. The van der Waals surface area contributed by atoms with E-state index in [-0.39, 0.29) is 42.0 Å². The number of benzene rings is 1. The molecule has 1 fully saturated rings. The number of nitrogens with one attached hydrogen (secondary N) is 3. The zero-order valence-corrected chi connectivity index (χ0v) is 21.9. The molecule has 2 atom stereocenters. The molecule has 0 aromatic heterocycles. The summed E-state index contributed by atoms with van der Waals surface area (Å²) in [6.07, 6.45) is 2.31. The fourth-order valence-electron chi connectivity index (χ4n) is 3.87. The molecular formula is C22H37ClIN5O. The molecule has 0 bridgehead atoms. The van der Waals surface area contributed by atoms with Crippen LogP contribution in [0.4, 0.5) is 0 Å². The highest BCUT2D eigenvalue weighted by molar-refractivity contribution is 14.0. The third kappa shape index (κ3) is 8.98. The van der Waals surface area contributed by atoms with Crippen LogP contribution in [-0.2, 0) is 4.79 Å². The quantitative estimate of drug-likeness (QED) is 0.287. The van der Waals surface area contributed by atoms with Crippen LogP contribution in [0.5, 0.6) is 0 Å². The molecule has 1 aliphatic rings. The fraction of sp³-hybridized carbons (Fsp3) is 0.636. The number of carbonyl (C=O) groups excluding carboxylic acids is 1. The topological polar surface area (TPSA) is 68.8 Å². The van der Waals surface area contributed by atoms with E-state index in [1.54, 1.807) is 0 Å². The number of hydrogen-bond acceptors (Lipinski definition) is 3. The Hall–Kier alpha value is -1.06. The van der Waals surface area contributed by atoms with Crippen LogP contribution in [0.3, 0.4) is 0 Å². The summed E-state index contributed by atoms with van der Waals surface area (Å²) in [6.45, 7) is 10.6. The van der Waals surface area contributed by atoms with Crippen molar-refractivity contribution in [3.05, 3.63) is 34.9 Å². The number of amides is 1. The van der Waals surface area contributed by atoms with Gasteiger partial charge < -0.3 is 16.0 Å². The van der Waals surface area contributed by atoms with Gasteiger partial charge in [-0.25, -0.2) is 4.99 Å². The van der Waals surface area contributed by atoms with E-state index in [1.165, 1.54) is 12.0 Å². The van der Waals surface area contributed by atoms with Crippen LogP contribution in [0.25, 0.3) is 0 Å². The minimum absolute atomic E-state index is 0. The molecule has 1 saturated heterocycles. The molecule has 2 rings (SSSR count). The van der Waals surface area contributed by atoms with Gasteiger partial charge in [-0.1, -0.05) is 23.7 Å². The molecule has 30 heavy (non-hydrogen) atoms. The minimum Gasteiger partial charge on any atom is -0.357 e. The molecule has 8 heteroatoms. The first kappa shape index (κ1) is 27.0. The van der Waals surface area contributed by atoms with Gasteiger partial charge in [0, 0.05) is 29.7 Å². The van der Waals surface area contributed by atoms with E-state index in [2.05, 4.69) is 45.0 Å². The number of guanidine groups is 1. The average Bonchev–Trinajstić information content (AvgIpc) is 2.62. The van der Waals surface area contributed by atoms with Gasteiger partial charge in [0.2, 0.25) is 5.91 Å². The Kier molecular flexibility index (Phi) is 11.4. The van der Waals surface area contributed by atoms with Crippen LogP contribution >= 0.6 is 35.6 Å². The van der Waals surface area contributed by atoms with Crippen molar-refractivity contribution in [1.29, 1.82) is 0 Å². The first-order chi connectivity index (χ1) is 13.7. The van der Waals surface area contributed by atoms with Crippen molar-refractivity contribution in [2.24, 2.45) is 10.9 Å². The van der Waals surface area contributed by atoms with Crippen LogP contribution < -0.4 is 16.0 Å². The van der Waals surface area contributed by atoms with E-state index < -0.39 is 0 Å². The summed E-state index contributed by atoms with van der Waals surface area (Å²) in [7, 11) is 2.17. The maximum absolute atomic E-state index is 12.1. The summed E-state index contributed by atoms with van der Waals surface area (Å²) in [5.41, 5.74) is 0.993. The SMILES string of the molecule is CCNC(=NCC(=O)NC(C)(C)C)NCC1CCCN(C)C1c1cccc(Cl)c1.I. The molecule has 0 spiro atoms. The normalized spacial score (nSPS) is 20.3. The second kappa shape index (κ2) is 12.7. The maximum atomic E-state index is 12.1. The monoisotopic (exact) mass is 549 g/mol. The zero-order chi connectivity index (χ0) is 21.4. The lowest BCUT2D eigenvalue weighted by Crippen LogP contribution is -2.46. The predicted octanol–water partition coefficient (Wildman–Crippen LogP) is 3.81. The van der Waals surface area contributed by atoms with E-state index in [4.69, 9.17) is 11.6 Å². The lowest BCUT2D eigenvalue weighted by molar-refractivity contribution is -0.121. The number of carbonyl (C=O) groups is 1.